The van der Waals surface area contributed by atoms with Crippen LogP contribution in [0.4, 0.5) is 6.01 Å². The minimum Gasteiger partial charge on any atom is -0.315 e. The summed E-state index contributed by atoms with van der Waals surface area (Å²) in [6.07, 6.45) is 6.15. The van der Waals surface area contributed by atoms with Crippen molar-refractivity contribution >= 4 is 21.8 Å². The van der Waals surface area contributed by atoms with Crippen LogP contribution in [0.15, 0.2) is 33.7 Å². The molecular weight excluding hydrogens is 354 g/mol. The minimum atomic E-state index is -3.27. The van der Waals surface area contributed by atoms with Crippen LogP contribution < -0.4 is 5.32 Å². The van der Waals surface area contributed by atoms with Crippen molar-refractivity contribution < 1.29 is 17.7 Å². The number of aryl methyl sites for hydroxylation is 1. The first-order chi connectivity index (χ1) is 12.3. The standard InChI is InChI=1S/C18H23N3O4S/c1-3-15-19-17(25-21-15)20-16(22)18(11-5-4-6-12-18)13-7-9-14(10-8-13)26(2,23)24/h7-10H,3-6,11-12H2,1-2H3,(H,19,20,21,22). The lowest BCUT2D eigenvalue weighted by molar-refractivity contribution is -0.122. The molecule has 1 aliphatic carbocycles. The third-order valence-electron chi connectivity index (χ3n) is 4.98. The second kappa shape index (κ2) is 7.19. The molecule has 0 aliphatic heterocycles. The van der Waals surface area contributed by atoms with E-state index < -0.39 is 15.3 Å². The van der Waals surface area contributed by atoms with Gasteiger partial charge >= 0.3 is 6.01 Å². The molecule has 7 nitrogen and oxygen atoms in total. The highest BCUT2D eigenvalue weighted by Gasteiger charge is 2.41. The van der Waals surface area contributed by atoms with E-state index in [9.17, 15) is 13.2 Å². The molecule has 3 rings (SSSR count). The second-order valence-corrected chi connectivity index (χ2v) is 8.78. The Morgan fingerprint density at radius 3 is 2.38 bits per heavy atom. The molecule has 0 bridgehead atoms. The van der Waals surface area contributed by atoms with Gasteiger partial charge in [-0.25, -0.2) is 8.42 Å². The summed E-state index contributed by atoms with van der Waals surface area (Å²) in [7, 11) is -3.27. The molecule has 1 saturated carbocycles. The SMILES string of the molecule is CCc1noc(NC(=O)C2(c3ccc(S(C)(=O)=O)cc3)CCCCC2)n1. The quantitative estimate of drug-likeness (QED) is 0.859. The Kier molecular flexibility index (Phi) is 5.13. The Bertz CT molecular complexity index is 881. The van der Waals surface area contributed by atoms with Gasteiger partial charge in [0.25, 0.3) is 0 Å². The highest BCUT2D eigenvalue weighted by atomic mass is 32.2. The van der Waals surface area contributed by atoms with Gasteiger partial charge in [0.15, 0.2) is 15.7 Å². The Labute approximate surface area is 153 Å². The van der Waals surface area contributed by atoms with Crippen LogP contribution in [0.2, 0.25) is 0 Å². The molecule has 1 heterocycles. The Morgan fingerprint density at radius 1 is 1.19 bits per heavy atom. The van der Waals surface area contributed by atoms with E-state index in [2.05, 4.69) is 15.5 Å². The molecule has 0 radical (unpaired) electrons. The molecule has 140 valence electrons. The molecule has 1 aromatic heterocycles. The first kappa shape index (κ1) is 18.6. The molecule has 1 fully saturated rings. The first-order valence-electron chi connectivity index (χ1n) is 8.80. The summed E-state index contributed by atoms with van der Waals surface area (Å²) >= 11 is 0. The van der Waals surface area contributed by atoms with Crippen molar-refractivity contribution in [1.29, 1.82) is 0 Å². The lowest BCUT2D eigenvalue weighted by Crippen LogP contribution is -2.42. The zero-order valence-electron chi connectivity index (χ0n) is 15.0. The van der Waals surface area contributed by atoms with Crippen LogP contribution in [-0.4, -0.2) is 30.7 Å². The lowest BCUT2D eigenvalue weighted by atomic mass is 9.69. The number of hydrogen-bond donors (Lipinski definition) is 1. The molecule has 8 heteroatoms. The summed E-state index contributed by atoms with van der Waals surface area (Å²) in [6.45, 7) is 1.91. The summed E-state index contributed by atoms with van der Waals surface area (Å²) in [4.78, 5) is 17.5. The summed E-state index contributed by atoms with van der Waals surface area (Å²) in [5, 5.41) is 6.55. The zero-order valence-corrected chi connectivity index (χ0v) is 15.8. The van der Waals surface area contributed by atoms with Crippen LogP contribution in [0.1, 0.15) is 50.4 Å². The van der Waals surface area contributed by atoms with Gasteiger partial charge in [0.1, 0.15) is 0 Å². The van der Waals surface area contributed by atoms with Crippen LogP contribution in [-0.2, 0) is 26.5 Å². The van der Waals surface area contributed by atoms with Crippen molar-refractivity contribution in [2.24, 2.45) is 0 Å². The number of anilines is 1. The first-order valence-corrected chi connectivity index (χ1v) is 10.7. The van der Waals surface area contributed by atoms with Gasteiger partial charge in [-0.2, -0.15) is 4.98 Å². The average molecular weight is 377 g/mol. The molecule has 0 saturated heterocycles. The average Bonchev–Trinajstić information content (AvgIpc) is 3.09. The minimum absolute atomic E-state index is 0.101. The van der Waals surface area contributed by atoms with E-state index in [0.29, 0.717) is 25.1 Å². The molecular formula is C18H23N3O4S. The second-order valence-electron chi connectivity index (χ2n) is 6.76. The van der Waals surface area contributed by atoms with E-state index in [1.165, 1.54) is 6.26 Å². The van der Waals surface area contributed by atoms with Gasteiger partial charge in [-0.1, -0.05) is 43.5 Å². The molecule has 2 aromatic rings. The predicted molar refractivity (Wildman–Crippen MR) is 96.6 cm³/mol. The molecule has 1 aliphatic rings. The Balaban J connectivity index is 1.91. The van der Waals surface area contributed by atoms with Crippen molar-refractivity contribution in [1.82, 2.24) is 10.1 Å². The van der Waals surface area contributed by atoms with Gasteiger partial charge in [-0.3, -0.25) is 10.1 Å². The molecule has 0 spiro atoms. The number of carbonyl (C=O) groups is 1. The van der Waals surface area contributed by atoms with Crippen LogP contribution >= 0.6 is 0 Å². The highest BCUT2D eigenvalue weighted by molar-refractivity contribution is 7.90. The van der Waals surface area contributed by atoms with Crippen molar-refractivity contribution in [2.75, 3.05) is 11.6 Å². The van der Waals surface area contributed by atoms with E-state index >= 15 is 0 Å². The summed E-state index contributed by atoms with van der Waals surface area (Å²) in [6, 6.07) is 6.72. The fourth-order valence-corrected chi connectivity index (χ4v) is 4.12. The Morgan fingerprint density at radius 2 is 1.85 bits per heavy atom. The van der Waals surface area contributed by atoms with Crippen molar-refractivity contribution in [3.63, 3.8) is 0 Å². The van der Waals surface area contributed by atoms with E-state index in [4.69, 9.17) is 4.52 Å². The lowest BCUT2D eigenvalue weighted by Gasteiger charge is -2.36. The summed E-state index contributed by atoms with van der Waals surface area (Å²) < 4.78 is 28.5. The van der Waals surface area contributed by atoms with Gasteiger partial charge in [0.05, 0.1) is 10.3 Å². The van der Waals surface area contributed by atoms with Crippen molar-refractivity contribution in [3.8, 4) is 0 Å². The van der Waals surface area contributed by atoms with E-state index in [-0.39, 0.29) is 16.8 Å². The molecule has 26 heavy (non-hydrogen) atoms. The van der Waals surface area contributed by atoms with Gasteiger partial charge in [0.2, 0.25) is 5.91 Å². The monoisotopic (exact) mass is 377 g/mol. The van der Waals surface area contributed by atoms with E-state index in [1.54, 1.807) is 24.3 Å². The van der Waals surface area contributed by atoms with Gasteiger partial charge in [-0.15, -0.1) is 0 Å². The maximum atomic E-state index is 13.1. The van der Waals surface area contributed by atoms with Crippen molar-refractivity contribution in [2.45, 2.75) is 55.8 Å². The van der Waals surface area contributed by atoms with E-state index in [0.717, 1.165) is 24.8 Å². The van der Waals surface area contributed by atoms with E-state index in [1.807, 2.05) is 6.92 Å². The van der Waals surface area contributed by atoms with Crippen LogP contribution in [0.3, 0.4) is 0 Å². The van der Waals surface area contributed by atoms with Gasteiger partial charge in [0, 0.05) is 12.7 Å². The number of nitrogens with one attached hydrogen (secondary N) is 1. The molecule has 1 aromatic carbocycles. The van der Waals surface area contributed by atoms with Crippen LogP contribution in [0, 0.1) is 0 Å². The highest BCUT2D eigenvalue weighted by Crippen LogP contribution is 2.40. The normalized spacial score (nSPS) is 17.0. The van der Waals surface area contributed by atoms with Gasteiger partial charge in [-0.05, 0) is 30.5 Å². The fourth-order valence-electron chi connectivity index (χ4n) is 3.49. The zero-order chi connectivity index (χ0) is 18.8. The maximum absolute atomic E-state index is 13.1. The third-order valence-corrected chi connectivity index (χ3v) is 6.11. The van der Waals surface area contributed by atoms with Crippen molar-refractivity contribution in [3.05, 3.63) is 35.7 Å². The fraction of sp³-hybridized carbons (Fsp3) is 0.500. The molecule has 1 amide bonds. The topological polar surface area (TPSA) is 102 Å². The molecule has 0 unspecified atom stereocenters. The summed E-state index contributed by atoms with van der Waals surface area (Å²) in [5.41, 5.74) is 0.104. The number of rotatable bonds is 5. The number of amides is 1. The molecule has 0 atom stereocenters. The number of aromatic nitrogens is 2. The smallest absolute Gasteiger partial charge is 0.315 e. The Hall–Kier alpha value is -2.22. The number of hydrogen-bond acceptors (Lipinski definition) is 6. The maximum Gasteiger partial charge on any atom is 0.328 e. The number of nitrogens with zero attached hydrogens (tertiary/aromatic N) is 2. The molecule has 1 N–H and O–H groups in total. The number of benzene rings is 1. The predicted octanol–water partition coefficient (Wildman–Crippen LogP) is 2.88. The van der Waals surface area contributed by atoms with Crippen LogP contribution in [0.5, 0.6) is 0 Å². The van der Waals surface area contributed by atoms with Gasteiger partial charge < -0.3 is 4.52 Å². The largest absolute Gasteiger partial charge is 0.328 e. The number of sulfone groups is 1. The summed E-state index contributed by atoms with van der Waals surface area (Å²) in [5.74, 6) is 0.353. The van der Waals surface area contributed by atoms with Crippen LogP contribution in [0.25, 0.3) is 0 Å². The third kappa shape index (κ3) is 3.65. The number of carbonyl (C=O) groups excluding carboxylic acids is 1.